The second kappa shape index (κ2) is 10.1. The number of unbranched alkanes of at least 4 members (excludes halogenated alkanes) is 1. The van der Waals surface area contributed by atoms with Crippen molar-refractivity contribution < 1.29 is 4.79 Å². The summed E-state index contributed by atoms with van der Waals surface area (Å²) in [7, 11) is 0. The summed E-state index contributed by atoms with van der Waals surface area (Å²) in [5.41, 5.74) is 3.94. The lowest BCUT2D eigenvalue weighted by Gasteiger charge is -2.07. The number of carbonyl (C=O) groups excluding carboxylic acids is 1. The van der Waals surface area contributed by atoms with Crippen molar-refractivity contribution in [1.82, 2.24) is 10.6 Å². The Morgan fingerprint density at radius 2 is 2.10 bits per heavy atom. The van der Waals surface area contributed by atoms with Gasteiger partial charge in [-0.05, 0) is 28.9 Å². The highest BCUT2D eigenvalue weighted by Gasteiger charge is 2.10. The molecule has 118 valence electrons. The minimum Gasteiger partial charge on any atom is -0.352 e. The van der Waals surface area contributed by atoms with Crippen molar-refractivity contribution in [2.75, 3.05) is 11.5 Å². The molecule has 0 aliphatic carbocycles. The molecule has 0 fully saturated rings. The van der Waals surface area contributed by atoms with Gasteiger partial charge < -0.3 is 10.6 Å². The van der Waals surface area contributed by atoms with E-state index < -0.39 is 0 Å². The first-order valence-electron chi connectivity index (χ1n) is 7.45. The largest absolute Gasteiger partial charge is 0.352 e. The van der Waals surface area contributed by atoms with E-state index in [0.29, 0.717) is 13.0 Å². The van der Waals surface area contributed by atoms with Crippen molar-refractivity contribution in [3.63, 3.8) is 0 Å². The second-order valence-electron chi connectivity index (χ2n) is 5.20. The molecular formula is C16H25ClN2OS. The molecule has 0 radical (unpaired) electrons. The molecule has 1 aliphatic heterocycles. The van der Waals surface area contributed by atoms with E-state index in [9.17, 15) is 4.79 Å². The molecular weight excluding hydrogens is 304 g/mol. The SMILES string of the molecule is CCCCSCCC(=O)NCc1ccc2c(c1)CNC2.Cl. The van der Waals surface area contributed by atoms with Gasteiger partial charge in [-0.2, -0.15) is 11.8 Å². The van der Waals surface area contributed by atoms with Crippen LogP contribution in [-0.2, 0) is 24.4 Å². The number of thioether (sulfide) groups is 1. The van der Waals surface area contributed by atoms with Crippen LogP contribution in [0.2, 0.25) is 0 Å². The fourth-order valence-corrected chi connectivity index (χ4v) is 3.29. The van der Waals surface area contributed by atoms with Crippen molar-refractivity contribution in [3.05, 3.63) is 34.9 Å². The maximum Gasteiger partial charge on any atom is 0.221 e. The Kier molecular flexibility index (Phi) is 8.81. The Balaban J connectivity index is 0.00000220. The normalized spacial score (nSPS) is 12.6. The molecule has 0 saturated heterocycles. The third-order valence-corrected chi connectivity index (χ3v) is 4.58. The predicted molar refractivity (Wildman–Crippen MR) is 92.9 cm³/mol. The lowest BCUT2D eigenvalue weighted by molar-refractivity contribution is -0.120. The monoisotopic (exact) mass is 328 g/mol. The number of hydrogen-bond donors (Lipinski definition) is 2. The number of halogens is 1. The summed E-state index contributed by atoms with van der Waals surface area (Å²) in [5, 5.41) is 6.34. The van der Waals surface area contributed by atoms with Crippen LogP contribution in [0.3, 0.4) is 0 Å². The summed E-state index contributed by atoms with van der Waals surface area (Å²) in [5.74, 6) is 2.26. The second-order valence-corrected chi connectivity index (χ2v) is 6.42. The molecule has 3 nitrogen and oxygen atoms in total. The van der Waals surface area contributed by atoms with Crippen LogP contribution in [0.4, 0.5) is 0 Å². The van der Waals surface area contributed by atoms with Gasteiger partial charge in [-0.15, -0.1) is 12.4 Å². The van der Waals surface area contributed by atoms with Gasteiger partial charge >= 0.3 is 0 Å². The van der Waals surface area contributed by atoms with E-state index in [4.69, 9.17) is 0 Å². The Morgan fingerprint density at radius 3 is 2.90 bits per heavy atom. The molecule has 5 heteroatoms. The Bertz CT molecular complexity index is 454. The molecule has 0 unspecified atom stereocenters. The Morgan fingerprint density at radius 1 is 1.29 bits per heavy atom. The molecule has 1 aromatic carbocycles. The molecule has 0 saturated carbocycles. The van der Waals surface area contributed by atoms with Crippen LogP contribution in [0.1, 0.15) is 42.9 Å². The van der Waals surface area contributed by atoms with E-state index in [1.807, 2.05) is 11.8 Å². The predicted octanol–water partition coefficient (Wildman–Crippen LogP) is 3.25. The molecule has 0 spiro atoms. The van der Waals surface area contributed by atoms with E-state index in [-0.39, 0.29) is 18.3 Å². The lowest BCUT2D eigenvalue weighted by Crippen LogP contribution is -2.23. The van der Waals surface area contributed by atoms with Crippen LogP contribution in [0.25, 0.3) is 0 Å². The van der Waals surface area contributed by atoms with Crippen molar-refractivity contribution in [2.45, 2.75) is 45.8 Å². The summed E-state index contributed by atoms with van der Waals surface area (Å²) >= 11 is 1.88. The van der Waals surface area contributed by atoms with Gasteiger partial charge in [0.05, 0.1) is 0 Å². The number of carbonyl (C=O) groups is 1. The van der Waals surface area contributed by atoms with Crippen molar-refractivity contribution >= 4 is 30.1 Å². The van der Waals surface area contributed by atoms with Gasteiger partial charge in [-0.3, -0.25) is 4.79 Å². The van der Waals surface area contributed by atoms with Gasteiger partial charge in [0, 0.05) is 31.8 Å². The smallest absolute Gasteiger partial charge is 0.221 e. The first-order valence-corrected chi connectivity index (χ1v) is 8.61. The lowest BCUT2D eigenvalue weighted by atomic mass is 10.1. The van der Waals surface area contributed by atoms with Crippen LogP contribution in [0.15, 0.2) is 18.2 Å². The highest BCUT2D eigenvalue weighted by molar-refractivity contribution is 7.99. The van der Waals surface area contributed by atoms with Crippen molar-refractivity contribution in [2.24, 2.45) is 0 Å². The first-order chi connectivity index (χ1) is 9.79. The van der Waals surface area contributed by atoms with E-state index in [1.54, 1.807) is 0 Å². The number of fused-ring (bicyclic) bond motifs is 1. The third kappa shape index (κ3) is 6.29. The molecule has 1 heterocycles. The molecule has 2 N–H and O–H groups in total. The van der Waals surface area contributed by atoms with Crippen molar-refractivity contribution in [1.29, 1.82) is 0 Å². The van der Waals surface area contributed by atoms with Gasteiger partial charge in [0.1, 0.15) is 0 Å². The topological polar surface area (TPSA) is 41.1 Å². The summed E-state index contributed by atoms with van der Waals surface area (Å²) in [4.78, 5) is 11.7. The van der Waals surface area contributed by atoms with Gasteiger partial charge in [0.2, 0.25) is 5.91 Å². The number of hydrogen-bond acceptors (Lipinski definition) is 3. The average Bonchev–Trinajstić information content (AvgIpc) is 2.92. The number of amides is 1. The van der Waals surface area contributed by atoms with Crippen LogP contribution < -0.4 is 10.6 Å². The average molecular weight is 329 g/mol. The van der Waals surface area contributed by atoms with E-state index in [1.165, 1.54) is 35.3 Å². The highest BCUT2D eigenvalue weighted by Crippen LogP contribution is 2.16. The molecule has 1 amide bonds. The van der Waals surface area contributed by atoms with Crippen LogP contribution in [0, 0.1) is 0 Å². The first kappa shape index (κ1) is 18.3. The summed E-state index contributed by atoms with van der Waals surface area (Å²) in [6, 6.07) is 6.48. The summed E-state index contributed by atoms with van der Waals surface area (Å²) in [6.45, 7) is 4.76. The number of benzene rings is 1. The minimum absolute atomic E-state index is 0. The van der Waals surface area contributed by atoms with Gasteiger partial charge in [0.15, 0.2) is 0 Å². The fraction of sp³-hybridized carbons (Fsp3) is 0.562. The number of nitrogens with one attached hydrogen (secondary N) is 2. The molecule has 0 atom stereocenters. The minimum atomic E-state index is 0. The third-order valence-electron chi connectivity index (χ3n) is 3.51. The van der Waals surface area contributed by atoms with Crippen LogP contribution in [0.5, 0.6) is 0 Å². The van der Waals surface area contributed by atoms with Gasteiger partial charge in [0.25, 0.3) is 0 Å². The Labute approximate surface area is 138 Å². The zero-order valence-corrected chi connectivity index (χ0v) is 14.2. The fourth-order valence-electron chi connectivity index (χ4n) is 2.26. The van der Waals surface area contributed by atoms with Crippen molar-refractivity contribution in [3.8, 4) is 0 Å². The maximum absolute atomic E-state index is 11.7. The maximum atomic E-state index is 11.7. The van der Waals surface area contributed by atoms with Crippen LogP contribution in [-0.4, -0.2) is 17.4 Å². The summed E-state index contributed by atoms with van der Waals surface area (Å²) < 4.78 is 0. The van der Waals surface area contributed by atoms with Gasteiger partial charge in [-0.25, -0.2) is 0 Å². The molecule has 2 rings (SSSR count). The molecule has 21 heavy (non-hydrogen) atoms. The highest BCUT2D eigenvalue weighted by atomic mass is 35.5. The van der Waals surface area contributed by atoms with Gasteiger partial charge in [-0.1, -0.05) is 31.5 Å². The number of rotatable bonds is 8. The van der Waals surface area contributed by atoms with E-state index >= 15 is 0 Å². The molecule has 0 bridgehead atoms. The van der Waals surface area contributed by atoms with E-state index in [0.717, 1.165) is 18.8 Å². The zero-order valence-electron chi connectivity index (χ0n) is 12.6. The molecule has 0 aromatic heterocycles. The quantitative estimate of drug-likeness (QED) is 0.720. The van der Waals surface area contributed by atoms with Crippen LogP contribution >= 0.6 is 24.2 Å². The zero-order chi connectivity index (χ0) is 14.2. The summed E-state index contributed by atoms with van der Waals surface area (Å²) in [6.07, 6.45) is 3.10. The van der Waals surface area contributed by atoms with E-state index in [2.05, 4.69) is 35.8 Å². The Hall–Kier alpha value is -0.710. The molecule has 1 aromatic rings. The molecule has 1 aliphatic rings. The standard InChI is InChI=1S/C16H24N2OS.ClH/c1-2-3-7-20-8-6-16(19)18-10-13-4-5-14-11-17-12-15(14)9-13;/h4-5,9,17H,2-3,6-8,10-12H2,1H3,(H,18,19);1H.